The van der Waals surface area contributed by atoms with E-state index in [4.69, 9.17) is 11.1 Å². The molecule has 3 rings (SSSR count). The first kappa shape index (κ1) is 22.3. The molecule has 0 amide bonds. The lowest BCUT2D eigenvalue weighted by Crippen LogP contribution is -2.17. The van der Waals surface area contributed by atoms with Crippen LogP contribution in [0.5, 0.6) is 0 Å². The number of nitrogen functional groups attached to an aromatic ring is 1. The zero-order valence-electron chi connectivity index (χ0n) is 18.0. The molecule has 0 aliphatic heterocycles. The third-order valence-electron chi connectivity index (χ3n) is 5.41. The molecule has 4 N–H and O–H groups in total. The quantitative estimate of drug-likeness (QED) is 0.316. The molecule has 2 aromatic carbocycles. The van der Waals surface area contributed by atoms with Gasteiger partial charge < -0.3 is 16.5 Å². The third-order valence-corrected chi connectivity index (χ3v) is 5.41. The van der Waals surface area contributed by atoms with Gasteiger partial charge in [-0.3, -0.25) is 0 Å². The third kappa shape index (κ3) is 5.82. The number of nitrogens with one attached hydrogen (secondary N) is 2. The summed E-state index contributed by atoms with van der Waals surface area (Å²) in [6, 6.07) is 10.1. The largest absolute Gasteiger partial charge is 0.398 e. The minimum absolute atomic E-state index is 0.277. The van der Waals surface area contributed by atoms with Crippen molar-refractivity contribution in [2.75, 3.05) is 12.3 Å². The maximum absolute atomic E-state index is 13.2. The molecule has 0 saturated carbocycles. The van der Waals surface area contributed by atoms with Crippen LogP contribution in [0, 0.1) is 11.2 Å². The van der Waals surface area contributed by atoms with E-state index in [0.29, 0.717) is 11.4 Å². The number of allylic oxidation sites excluding steroid dienone is 4. The molecule has 1 aliphatic rings. The van der Waals surface area contributed by atoms with Crippen molar-refractivity contribution in [3.63, 3.8) is 0 Å². The van der Waals surface area contributed by atoms with Gasteiger partial charge in [0.25, 0.3) is 0 Å². The molecule has 0 aromatic heterocycles. The van der Waals surface area contributed by atoms with Gasteiger partial charge in [0.15, 0.2) is 0 Å². The van der Waals surface area contributed by atoms with Crippen LogP contribution in [-0.2, 0) is 6.42 Å². The second kappa shape index (κ2) is 10.6. The number of rotatable bonds is 10. The summed E-state index contributed by atoms with van der Waals surface area (Å²) in [5.41, 5.74) is 13.0. The first-order chi connectivity index (χ1) is 15.0. The molecule has 31 heavy (non-hydrogen) atoms. The zero-order valence-corrected chi connectivity index (χ0v) is 18.0. The summed E-state index contributed by atoms with van der Waals surface area (Å²) < 4.78 is 13.2. The van der Waals surface area contributed by atoms with Gasteiger partial charge in [-0.2, -0.15) is 0 Å². The van der Waals surface area contributed by atoms with Gasteiger partial charge in [-0.1, -0.05) is 62.4 Å². The fourth-order valence-electron chi connectivity index (χ4n) is 3.65. The van der Waals surface area contributed by atoms with Gasteiger partial charge in [-0.25, -0.2) is 4.39 Å². The van der Waals surface area contributed by atoms with Crippen LogP contribution in [0.1, 0.15) is 48.4 Å². The topological polar surface area (TPSA) is 61.9 Å². The molecule has 0 bridgehead atoms. The average Bonchev–Trinajstić information content (AvgIpc) is 3.29. The highest BCUT2D eigenvalue weighted by Crippen LogP contribution is 2.28. The van der Waals surface area contributed by atoms with Gasteiger partial charge >= 0.3 is 0 Å². The van der Waals surface area contributed by atoms with Crippen LogP contribution in [0.4, 0.5) is 10.1 Å². The number of halogens is 1. The van der Waals surface area contributed by atoms with E-state index in [9.17, 15) is 4.39 Å². The molecule has 4 heteroatoms. The van der Waals surface area contributed by atoms with Crippen LogP contribution in [0.15, 0.2) is 72.9 Å². The van der Waals surface area contributed by atoms with Crippen LogP contribution in [0.2, 0.25) is 0 Å². The lowest BCUT2D eigenvalue weighted by molar-refractivity contribution is 0.628. The van der Waals surface area contributed by atoms with E-state index in [1.807, 2.05) is 18.2 Å². The fraction of sp³-hybridized carbons (Fsp3) is 0.222. The van der Waals surface area contributed by atoms with Crippen molar-refractivity contribution in [3.8, 4) is 0 Å². The minimum atomic E-state index is -0.277. The SMILES string of the molecule is C=C(NCC1=CC=CC1)c1ccc(N)c(C(=N)/C=C/c2ccc(F)cc2)c1CCCC. The molecule has 160 valence electrons. The van der Waals surface area contributed by atoms with Crippen molar-refractivity contribution < 1.29 is 4.39 Å². The Kier molecular flexibility index (Phi) is 7.60. The highest BCUT2D eigenvalue weighted by atomic mass is 19.1. The Balaban J connectivity index is 1.88. The van der Waals surface area contributed by atoms with Crippen molar-refractivity contribution in [2.45, 2.75) is 32.6 Å². The van der Waals surface area contributed by atoms with Crippen LogP contribution in [-0.4, -0.2) is 12.3 Å². The van der Waals surface area contributed by atoms with Gasteiger partial charge in [0.1, 0.15) is 5.82 Å². The predicted octanol–water partition coefficient (Wildman–Crippen LogP) is 6.28. The van der Waals surface area contributed by atoms with Crippen molar-refractivity contribution >= 4 is 23.2 Å². The molecule has 0 fully saturated rings. The van der Waals surface area contributed by atoms with Gasteiger partial charge in [0, 0.05) is 29.1 Å². The van der Waals surface area contributed by atoms with E-state index < -0.39 is 0 Å². The first-order valence-electron chi connectivity index (χ1n) is 10.7. The summed E-state index contributed by atoms with van der Waals surface area (Å²) in [4.78, 5) is 0. The molecule has 2 aromatic rings. The first-order valence-corrected chi connectivity index (χ1v) is 10.7. The van der Waals surface area contributed by atoms with E-state index in [1.54, 1.807) is 18.2 Å². The second-order valence-electron chi connectivity index (χ2n) is 7.75. The van der Waals surface area contributed by atoms with Crippen LogP contribution >= 0.6 is 0 Å². The lowest BCUT2D eigenvalue weighted by atomic mass is 9.90. The standard InChI is InChI=1S/C27H30FN3/c1-3-4-9-24-23(19(2)31-18-21-7-5-6-8-21)15-17-26(30)27(24)25(29)16-12-20-10-13-22(28)14-11-20/h5-7,10-17,29,31H,2-4,8-9,18,30H2,1H3/b16-12+,29-25?. The lowest BCUT2D eigenvalue weighted by Gasteiger charge is -2.19. The number of hydrogen-bond donors (Lipinski definition) is 3. The van der Waals surface area contributed by atoms with Gasteiger partial charge in [0.05, 0.1) is 5.71 Å². The molecule has 0 heterocycles. The molecule has 0 spiro atoms. The Bertz CT molecular complexity index is 1040. The van der Waals surface area contributed by atoms with E-state index in [0.717, 1.165) is 60.2 Å². The van der Waals surface area contributed by atoms with Crippen molar-refractivity contribution in [1.29, 1.82) is 5.41 Å². The van der Waals surface area contributed by atoms with Crippen LogP contribution in [0.25, 0.3) is 11.8 Å². The number of hydrogen-bond acceptors (Lipinski definition) is 3. The van der Waals surface area contributed by atoms with E-state index in [1.165, 1.54) is 17.7 Å². The minimum Gasteiger partial charge on any atom is -0.398 e. The predicted molar refractivity (Wildman–Crippen MR) is 131 cm³/mol. The highest BCUT2D eigenvalue weighted by molar-refractivity contribution is 6.13. The van der Waals surface area contributed by atoms with Crippen LogP contribution < -0.4 is 11.1 Å². The molecule has 0 atom stereocenters. The number of anilines is 1. The Morgan fingerprint density at radius 2 is 2.00 bits per heavy atom. The summed E-state index contributed by atoms with van der Waals surface area (Å²) in [5, 5.41) is 12.1. The highest BCUT2D eigenvalue weighted by Gasteiger charge is 2.16. The van der Waals surface area contributed by atoms with Gasteiger partial charge in [-0.15, -0.1) is 0 Å². The fourth-order valence-corrected chi connectivity index (χ4v) is 3.65. The number of unbranched alkanes of at least 4 members (excludes halogenated alkanes) is 1. The van der Waals surface area contributed by atoms with E-state index in [2.05, 4.69) is 37.0 Å². The van der Waals surface area contributed by atoms with Crippen molar-refractivity contribution in [1.82, 2.24) is 5.32 Å². The van der Waals surface area contributed by atoms with E-state index >= 15 is 0 Å². The summed E-state index contributed by atoms with van der Waals surface area (Å²) in [6.07, 6.45) is 13.7. The monoisotopic (exact) mass is 415 g/mol. The molecule has 1 aliphatic carbocycles. The summed E-state index contributed by atoms with van der Waals surface area (Å²) in [6.45, 7) is 7.16. The summed E-state index contributed by atoms with van der Waals surface area (Å²) in [7, 11) is 0. The molecular formula is C27H30FN3. The van der Waals surface area contributed by atoms with Gasteiger partial charge in [0.2, 0.25) is 0 Å². The summed E-state index contributed by atoms with van der Waals surface area (Å²) in [5.74, 6) is -0.277. The smallest absolute Gasteiger partial charge is 0.123 e. The number of benzene rings is 2. The second-order valence-corrected chi connectivity index (χ2v) is 7.75. The summed E-state index contributed by atoms with van der Waals surface area (Å²) >= 11 is 0. The van der Waals surface area contributed by atoms with Crippen LogP contribution in [0.3, 0.4) is 0 Å². The Morgan fingerprint density at radius 3 is 2.68 bits per heavy atom. The maximum Gasteiger partial charge on any atom is 0.123 e. The Labute approximate surface area is 184 Å². The van der Waals surface area contributed by atoms with E-state index in [-0.39, 0.29) is 5.82 Å². The molecule has 0 unspecified atom stereocenters. The molecule has 3 nitrogen and oxygen atoms in total. The average molecular weight is 416 g/mol. The Morgan fingerprint density at radius 1 is 1.23 bits per heavy atom. The maximum atomic E-state index is 13.2. The van der Waals surface area contributed by atoms with Crippen molar-refractivity contribution in [2.24, 2.45) is 0 Å². The molecule has 0 radical (unpaired) electrons. The Hall–Kier alpha value is -3.40. The molecule has 0 saturated heterocycles. The van der Waals surface area contributed by atoms with Crippen molar-refractivity contribution in [3.05, 3.63) is 101 Å². The molecular weight excluding hydrogens is 385 g/mol. The zero-order chi connectivity index (χ0) is 22.2. The van der Waals surface area contributed by atoms with Gasteiger partial charge in [-0.05, 0) is 60.2 Å². The normalized spacial score (nSPS) is 12.9. The number of nitrogens with two attached hydrogens (primary N) is 1.